The van der Waals surface area contributed by atoms with Crippen LogP contribution < -0.4 is 0 Å². The molecule has 0 aliphatic heterocycles. The molecule has 0 atom stereocenters. The zero-order chi connectivity index (χ0) is 9.07. The van der Waals surface area contributed by atoms with E-state index in [-0.39, 0.29) is 0 Å². The summed E-state index contributed by atoms with van der Waals surface area (Å²) in [4.78, 5) is 0. The molecule has 0 fully saturated rings. The number of rotatable bonds is 8. The quantitative estimate of drug-likeness (QED) is 0.413. The Kier molecular flexibility index (Phi) is 10.4. The van der Waals surface area contributed by atoms with Gasteiger partial charge in [0.05, 0.1) is 13.2 Å². The molecule has 2 heteroatoms. The van der Waals surface area contributed by atoms with Gasteiger partial charge in [-0.05, 0) is 12.8 Å². The van der Waals surface area contributed by atoms with Gasteiger partial charge in [-0.15, -0.1) is 0 Å². The minimum absolute atomic E-state index is 0.712. The molecule has 0 saturated heterocycles. The number of hydrogen-bond donors (Lipinski definition) is 0. The van der Waals surface area contributed by atoms with Crippen LogP contribution in [0.25, 0.3) is 0 Å². The average Bonchev–Trinajstić information content (AvgIpc) is 2.10. The highest BCUT2D eigenvalue weighted by molar-refractivity contribution is 4.80. The monoisotopic (exact) mass is 172 g/mol. The molecule has 0 unspecified atom stereocenters. The molecule has 2 nitrogen and oxygen atoms in total. The average molecular weight is 172 g/mol. The van der Waals surface area contributed by atoms with Gasteiger partial charge >= 0.3 is 0 Å². The molecule has 12 heavy (non-hydrogen) atoms. The van der Waals surface area contributed by atoms with E-state index < -0.39 is 0 Å². The van der Waals surface area contributed by atoms with E-state index in [1.54, 1.807) is 0 Å². The van der Waals surface area contributed by atoms with Crippen molar-refractivity contribution in [1.82, 2.24) is 0 Å². The lowest BCUT2D eigenvalue weighted by atomic mass is 10.5. The van der Waals surface area contributed by atoms with Crippen molar-refractivity contribution in [3.63, 3.8) is 0 Å². The highest BCUT2D eigenvalue weighted by Gasteiger charge is 1.81. The summed E-state index contributed by atoms with van der Waals surface area (Å²) in [6.07, 6.45) is 6.18. The Morgan fingerprint density at radius 3 is 1.58 bits per heavy atom. The molecule has 0 N–H and O–H groups in total. The Bertz CT molecular complexity index is 88.0. The van der Waals surface area contributed by atoms with Gasteiger partial charge in [-0.3, -0.25) is 0 Å². The smallest absolute Gasteiger partial charge is 0.0648 e. The minimum Gasteiger partial charge on any atom is -0.377 e. The van der Waals surface area contributed by atoms with Crippen molar-refractivity contribution in [2.24, 2.45) is 0 Å². The van der Waals surface area contributed by atoms with Crippen LogP contribution in [0.15, 0.2) is 12.2 Å². The number of ether oxygens (including phenoxy) is 2. The van der Waals surface area contributed by atoms with Crippen molar-refractivity contribution in [3.8, 4) is 0 Å². The predicted octanol–water partition coefficient (Wildman–Crippen LogP) is 2.40. The van der Waals surface area contributed by atoms with Crippen molar-refractivity contribution in [2.45, 2.75) is 26.7 Å². The van der Waals surface area contributed by atoms with Crippen LogP contribution >= 0.6 is 0 Å². The molecular formula is C10H20O2. The van der Waals surface area contributed by atoms with Gasteiger partial charge in [-0.25, -0.2) is 0 Å². The Labute approximate surface area is 75.6 Å². The molecule has 0 aliphatic carbocycles. The molecule has 0 aromatic rings. The SMILES string of the molecule is CCCOC/C=C/COCCC. The van der Waals surface area contributed by atoms with Crippen molar-refractivity contribution in [3.05, 3.63) is 12.2 Å². The van der Waals surface area contributed by atoms with Gasteiger partial charge in [0.2, 0.25) is 0 Å². The molecule has 0 spiro atoms. The summed E-state index contributed by atoms with van der Waals surface area (Å²) in [6, 6.07) is 0. The van der Waals surface area contributed by atoms with Gasteiger partial charge in [0, 0.05) is 13.2 Å². The maximum Gasteiger partial charge on any atom is 0.0648 e. The van der Waals surface area contributed by atoms with Gasteiger partial charge in [-0.1, -0.05) is 26.0 Å². The molecule has 0 amide bonds. The highest BCUT2D eigenvalue weighted by Crippen LogP contribution is 1.84. The van der Waals surface area contributed by atoms with Crippen molar-refractivity contribution in [2.75, 3.05) is 26.4 Å². The summed E-state index contributed by atoms with van der Waals surface area (Å²) in [5, 5.41) is 0. The third kappa shape index (κ3) is 9.66. The van der Waals surface area contributed by atoms with E-state index in [0.29, 0.717) is 13.2 Å². The lowest BCUT2D eigenvalue weighted by Crippen LogP contribution is -1.94. The summed E-state index contributed by atoms with van der Waals surface area (Å²) in [7, 11) is 0. The molecule has 72 valence electrons. The van der Waals surface area contributed by atoms with Crippen LogP contribution in [0, 0.1) is 0 Å². The Hall–Kier alpha value is -0.340. The molecule has 0 bridgehead atoms. The lowest BCUT2D eigenvalue weighted by Gasteiger charge is -1.97. The molecular weight excluding hydrogens is 152 g/mol. The summed E-state index contributed by atoms with van der Waals surface area (Å²) in [5.41, 5.74) is 0. The van der Waals surface area contributed by atoms with Crippen molar-refractivity contribution < 1.29 is 9.47 Å². The summed E-state index contributed by atoms with van der Waals surface area (Å²) < 4.78 is 10.5. The fourth-order valence-corrected chi connectivity index (χ4v) is 0.728. The Morgan fingerprint density at radius 1 is 0.833 bits per heavy atom. The van der Waals surface area contributed by atoms with Crippen LogP contribution in [0.4, 0.5) is 0 Å². The highest BCUT2D eigenvalue weighted by atomic mass is 16.5. The van der Waals surface area contributed by atoms with Crippen LogP contribution in [0.1, 0.15) is 26.7 Å². The second kappa shape index (κ2) is 10.7. The Balaban J connectivity index is 2.93. The Morgan fingerprint density at radius 2 is 1.25 bits per heavy atom. The normalized spacial score (nSPS) is 11.2. The second-order valence-electron chi connectivity index (χ2n) is 2.62. The molecule has 0 aromatic heterocycles. The van der Waals surface area contributed by atoms with Gasteiger partial charge in [0.25, 0.3) is 0 Å². The molecule has 0 heterocycles. The van der Waals surface area contributed by atoms with Crippen LogP contribution in [-0.4, -0.2) is 26.4 Å². The van der Waals surface area contributed by atoms with E-state index in [0.717, 1.165) is 26.1 Å². The van der Waals surface area contributed by atoms with E-state index in [1.165, 1.54) is 0 Å². The van der Waals surface area contributed by atoms with Gasteiger partial charge in [-0.2, -0.15) is 0 Å². The standard InChI is InChI=1S/C10H20O2/c1-3-7-11-9-5-6-10-12-8-4-2/h5-6H,3-4,7-10H2,1-2H3/b6-5+. The van der Waals surface area contributed by atoms with Gasteiger partial charge in [0.15, 0.2) is 0 Å². The molecule has 0 radical (unpaired) electrons. The fraction of sp³-hybridized carbons (Fsp3) is 0.800. The fourth-order valence-electron chi connectivity index (χ4n) is 0.728. The molecule has 0 aromatic carbocycles. The van der Waals surface area contributed by atoms with Crippen molar-refractivity contribution >= 4 is 0 Å². The van der Waals surface area contributed by atoms with Crippen molar-refractivity contribution in [1.29, 1.82) is 0 Å². The van der Waals surface area contributed by atoms with E-state index in [4.69, 9.17) is 9.47 Å². The van der Waals surface area contributed by atoms with Crippen LogP contribution in [0.5, 0.6) is 0 Å². The summed E-state index contributed by atoms with van der Waals surface area (Å²) in [6.45, 7) is 7.33. The zero-order valence-electron chi connectivity index (χ0n) is 8.21. The first-order valence-electron chi connectivity index (χ1n) is 4.72. The molecule has 0 aliphatic rings. The lowest BCUT2D eigenvalue weighted by molar-refractivity contribution is 0.154. The van der Waals surface area contributed by atoms with E-state index in [2.05, 4.69) is 13.8 Å². The van der Waals surface area contributed by atoms with E-state index >= 15 is 0 Å². The molecule has 0 rings (SSSR count). The molecule has 0 saturated carbocycles. The third-order valence-electron chi connectivity index (χ3n) is 1.29. The van der Waals surface area contributed by atoms with E-state index in [9.17, 15) is 0 Å². The first-order valence-corrected chi connectivity index (χ1v) is 4.72. The maximum absolute atomic E-state index is 5.25. The third-order valence-corrected chi connectivity index (χ3v) is 1.29. The van der Waals surface area contributed by atoms with Gasteiger partial charge in [0.1, 0.15) is 0 Å². The summed E-state index contributed by atoms with van der Waals surface area (Å²) in [5.74, 6) is 0. The second-order valence-corrected chi connectivity index (χ2v) is 2.62. The first kappa shape index (κ1) is 11.7. The van der Waals surface area contributed by atoms with Crippen LogP contribution in [-0.2, 0) is 9.47 Å². The van der Waals surface area contributed by atoms with Crippen LogP contribution in [0.3, 0.4) is 0 Å². The summed E-state index contributed by atoms with van der Waals surface area (Å²) >= 11 is 0. The van der Waals surface area contributed by atoms with Crippen LogP contribution in [0.2, 0.25) is 0 Å². The first-order chi connectivity index (χ1) is 5.91. The topological polar surface area (TPSA) is 18.5 Å². The zero-order valence-corrected chi connectivity index (χ0v) is 8.21. The largest absolute Gasteiger partial charge is 0.377 e. The maximum atomic E-state index is 5.25. The predicted molar refractivity (Wildman–Crippen MR) is 51.4 cm³/mol. The minimum atomic E-state index is 0.712. The number of hydrogen-bond acceptors (Lipinski definition) is 2. The van der Waals surface area contributed by atoms with Gasteiger partial charge < -0.3 is 9.47 Å². The van der Waals surface area contributed by atoms with E-state index in [1.807, 2.05) is 12.2 Å².